The van der Waals surface area contributed by atoms with Crippen LogP contribution in [0.1, 0.15) is 19.4 Å². The Balaban J connectivity index is 1.86. The van der Waals surface area contributed by atoms with Crippen LogP contribution in [0.15, 0.2) is 18.2 Å². The number of para-hydroxylation sites is 1. The zero-order chi connectivity index (χ0) is 13.2. The topological polar surface area (TPSA) is 24.5 Å². The van der Waals surface area contributed by atoms with Crippen LogP contribution in [0.3, 0.4) is 0 Å². The lowest BCUT2D eigenvalue weighted by atomic mass is 9.85. The van der Waals surface area contributed by atoms with E-state index < -0.39 is 0 Å². The minimum Gasteiger partial charge on any atom is -0.383 e. The van der Waals surface area contributed by atoms with Crippen LogP contribution in [-0.2, 0) is 11.2 Å². The van der Waals surface area contributed by atoms with Gasteiger partial charge in [0.25, 0.3) is 0 Å². The zero-order valence-electron chi connectivity index (χ0n) is 12.0. The predicted octanol–water partition coefficient (Wildman–Crippen LogP) is 2.76. The van der Waals surface area contributed by atoms with Gasteiger partial charge in [-0.05, 0) is 29.9 Å². The van der Waals surface area contributed by atoms with E-state index in [4.69, 9.17) is 4.74 Å². The minimum absolute atomic E-state index is 0.743. The molecule has 1 fully saturated rings. The number of fused-ring (bicyclic) bond motifs is 1. The lowest BCUT2D eigenvalue weighted by Crippen LogP contribution is -2.37. The molecule has 3 nitrogen and oxygen atoms in total. The van der Waals surface area contributed by atoms with Crippen molar-refractivity contribution in [2.45, 2.75) is 20.3 Å². The predicted molar refractivity (Wildman–Crippen MR) is 80.0 cm³/mol. The third-order valence-corrected chi connectivity index (χ3v) is 4.45. The molecule has 0 amide bonds. The first-order valence-electron chi connectivity index (χ1n) is 7.44. The van der Waals surface area contributed by atoms with Gasteiger partial charge >= 0.3 is 0 Å². The first-order valence-corrected chi connectivity index (χ1v) is 7.44. The van der Waals surface area contributed by atoms with Crippen molar-refractivity contribution in [3.05, 3.63) is 23.8 Å². The van der Waals surface area contributed by atoms with E-state index in [0.29, 0.717) is 0 Å². The van der Waals surface area contributed by atoms with Crippen molar-refractivity contribution in [3.8, 4) is 0 Å². The second-order valence-electron chi connectivity index (χ2n) is 6.00. The van der Waals surface area contributed by atoms with Crippen molar-refractivity contribution in [1.29, 1.82) is 0 Å². The summed E-state index contributed by atoms with van der Waals surface area (Å²) in [5.74, 6) is 1.50. The van der Waals surface area contributed by atoms with Gasteiger partial charge in [0, 0.05) is 19.6 Å². The summed E-state index contributed by atoms with van der Waals surface area (Å²) in [6, 6.07) is 6.72. The summed E-state index contributed by atoms with van der Waals surface area (Å²) >= 11 is 0. The fraction of sp³-hybridized carbons (Fsp3) is 0.625. The molecule has 0 spiro atoms. The second-order valence-corrected chi connectivity index (χ2v) is 6.00. The van der Waals surface area contributed by atoms with Crippen molar-refractivity contribution in [2.75, 3.05) is 43.1 Å². The first-order chi connectivity index (χ1) is 9.25. The third kappa shape index (κ3) is 2.57. The zero-order valence-corrected chi connectivity index (χ0v) is 12.0. The smallest absolute Gasteiger partial charge is 0.0642 e. The number of hydrogen-bond acceptors (Lipinski definition) is 3. The Morgan fingerprint density at radius 3 is 2.79 bits per heavy atom. The number of morpholine rings is 1. The van der Waals surface area contributed by atoms with Gasteiger partial charge in [-0.1, -0.05) is 26.0 Å². The highest BCUT2D eigenvalue weighted by molar-refractivity contribution is 5.74. The average molecular weight is 260 g/mol. The van der Waals surface area contributed by atoms with Crippen LogP contribution < -0.4 is 10.2 Å². The Kier molecular flexibility index (Phi) is 3.65. The van der Waals surface area contributed by atoms with Crippen molar-refractivity contribution < 1.29 is 4.74 Å². The molecule has 19 heavy (non-hydrogen) atoms. The quantitative estimate of drug-likeness (QED) is 0.885. The van der Waals surface area contributed by atoms with Gasteiger partial charge in [0.15, 0.2) is 0 Å². The van der Waals surface area contributed by atoms with Crippen LogP contribution in [0, 0.1) is 11.8 Å². The largest absolute Gasteiger partial charge is 0.383 e. The molecule has 0 radical (unpaired) electrons. The molecule has 1 unspecified atom stereocenters. The maximum absolute atomic E-state index is 5.45. The molecule has 1 aromatic carbocycles. The molecule has 1 aromatic rings. The highest BCUT2D eigenvalue weighted by atomic mass is 16.5. The highest BCUT2D eigenvalue weighted by Gasteiger charge is 2.24. The molecule has 2 heterocycles. The van der Waals surface area contributed by atoms with E-state index in [2.05, 4.69) is 42.3 Å². The molecule has 0 bridgehead atoms. The van der Waals surface area contributed by atoms with E-state index in [9.17, 15) is 0 Å². The fourth-order valence-electron chi connectivity index (χ4n) is 3.09. The molecule has 2 aliphatic rings. The maximum Gasteiger partial charge on any atom is 0.0642 e. The number of nitrogens with one attached hydrogen (secondary N) is 1. The summed E-state index contributed by atoms with van der Waals surface area (Å²) in [6.45, 7) is 9.45. The van der Waals surface area contributed by atoms with Gasteiger partial charge in [-0.15, -0.1) is 0 Å². The molecule has 2 aliphatic heterocycles. The van der Waals surface area contributed by atoms with Crippen molar-refractivity contribution in [3.63, 3.8) is 0 Å². The lowest BCUT2D eigenvalue weighted by molar-refractivity contribution is 0.122. The Bertz CT molecular complexity index is 438. The third-order valence-electron chi connectivity index (χ3n) is 4.45. The summed E-state index contributed by atoms with van der Waals surface area (Å²) in [6.07, 6.45) is 1.21. The van der Waals surface area contributed by atoms with E-state index in [1.807, 2.05) is 0 Å². The van der Waals surface area contributed by atoms with Gasteiger partial charge in [-0.2, -0.15) is 0 Å². The minimum atomic E-state index is 0.743. The number of nitrogens with zero attached hydrogens (tertiary/aromatic N) is 1. The van der Waals surface area contributed by atoms with Gasteiger partial charge in [0.05, 0.1) is 24.6 Å². The Morgan fingerprint density at radius 1 is 1.26 bits per heavy atom. The average Bonchev–Trinajstić information content (AvgIpc) is 2.47. The van der Waals surface area contributed by atoms with E-state index in [1.54, 1.807) is 0 Å². The highest BCUT2D eigenvalue weighted by Crippen LogP contribution is 2.36. The fourth-order valence-corrected chi connectivity index (χ4v) is 3.09. The van der Waals surface area contributed by atoms with Gasteiger partial charge in [-0.25, -0.2) is 0 Å². The molecule has 1 N–H and O–H groups in total. The van der Waals surface area contributed by atoms with Crippen LogP contribution in [-0.4, -0.2) is 32.8 Å². The molecular formula is C16H24N2O. The van der Waals surface area contributed by atoms with E-state index in [0.717, 1.165) is 44.7 Å². The first kappa shape index (κ1) is 12.8. The van der Waals surface area contributed by atoms with E-state index in [-0.39, 0.29) is 0 Å². The summed E-state index contributed by atoms with van der Waals surface area (Å²) in [4.78, 5) is 2.45. The summed E-state index contributed by atoms with van der Waals surface area (Å²) in [7, 11) is 0. The number of anilines is 2. The molecule has 0 aromatic heterocycles. The maximum atomic E-state index is 5.45. The SMILES string of the molecule is CC(C)C1CNc2c(cccc2N2CCOCC2)C1. The summed E-state index contributed by atoms with van der Waals surface area (Å²) in [5, 5.41) is 3.68. The van der Waals surface area contributed by atoms with E-state index in [1.165, 1.54) is 23.4 Å². The molecule has 104 valence electrons. The van der Waals surface area contributed by atoms with Crippen molar-refractivity contribution in [1.82, 2.24) is 0 Å². The Labute approximate surface area is 115 Å². The number of hydrogen-bond donors (Lipinski definition) is 1. The second kappa shape index (κ2) is 5.41. The van der Waals surface area contributed by atoms with Crippen LogP contribution in [0.25, 0.3) is 0 Å². The number of rotatable bonds is 2. The van der Waals surface area contributed by atoms with Crippen molar-refractivity contribution >= 4 is 11.4 Å². The lowest BCUT2D eigenvalue weighted by Gasteiger charge is -2.35. The molecular weight excluding hydrogens is 236 g/mol. The number of ether oxygens (including phenoxy) is 1. The Morgan fingerprint density at radius 2 is 2.05 bits per heavy atom. The normalized spacial score (nSPS) is 23.1. The van der Waals surface area contributed by atoms with Crippen LogP contribution in [0.5, 0.6) is 0 Å². The summed E-state index contributed by atoms with van der Waals surface area (Å²) in [5.41, 5.74) is 4.21. The molecule has 3 heteroatoms. The van der Waals surface area contributed by atoms with Gasteiger partial charge in [0.1, 0.15) is 0 Å². The van der Waals surface area contributed by atoms with Crippen LogP contribution in [0.4, 0.5) is 11.4 Å². The molecule has 1 saturated heterocycles. The van der Waals surface area contributed by atoms with Crippen LogP contribution in [0.2, 0.25) is 0 Å². The van der Waals surface area contributed by atoms with Crippen LogP contribution >= 0.6 is 0 Å². The molecule has 0 saturated carbocycles. The molecule has 3 rings (SSSR count). The van der Waals surface area contributed by atoms with Gasteiger partial charge in [-0.3, -0.25) is 0 Å². The Hall–Kier alpha value is -1.22. The van der Waals surface area contributed by atoms with E-state index >= 15 is 0 Å². The summed E-state index contributed by atoms with van der Waals surface area (Å²) < 4.78 is 5.45. The number of benzene rings is 1. The molecule has 0 aliphatic carbocycles. The monoisotopic (exact) mass is 260 g/mol. The molecule has 1 atom stereocenters. The van der Waals surface area contributed by atoms with Gasteiger partial charge in [0.2, 0.25) is 0 Å². The van der Waals surface area contributed by atoms with Gasteiger partial charge < -0.3 is 15.0 Å². The van der Waals surface area contributed by atoms with Crippen molar-refractivity contribution in [2.24, 2.45) is 11.8 Å². The standard InChI is InChI=1S/C16H24N2O/c1-12(2)14-10-13-4-3-5-15(16(13)17-11-14)18-6-8-19-9-7-18/h3-5,12,14,17H,6-11H2,1-2H3.